The summed E-state index contributed by atoms with van der Waals surface area (Å²) in [6.45, 7) is 4.88. The van der Waals surface area contributed by atoms with E-state index in [0.717, 1.165) is 16.7 Å². The fraction of sp³-hybridized carbons (Fsp3) is 0.259. The Kier molecular flexibility index (Phi) is 8.93. The molecule has 2 amide bonds. The van der Waals surface area contributed by atoms with Gasteiger partial charge in [0.1, 0.15) is 6.04 Å². The van der Waals surface area contributed by atoms with Crippen molar-refractivity contribution in [2.75, 3.05) is 6.54 Å². The van der Waals surface area contributed by atoms with Crippen molar-refractivity contribution >= 4 is 35.0 Å². The molecule has 0 aliphatic rings. The highest BCUT2D eigenvalue weighted by molar-refractivity contribution is 6.30. The maximum atomic E-state index is 13.6. The van der Waals surface area contributed by atoms with Crippen LogP contribution in [0.15, 0.2) is 78.9 Å². The van der Waals surface area contributed by atoms with E-state index < -0.39 is 6.04 Å². The Morgan fingerprint density at radius 1 is 0.818 bits per heavy atom. The normalized spacial score (nSPS) is 11.8. The fourth-order valence-corrected chi connectivity index (χ4v) is 3.75. The van der Waals surface area contributed by atoms with Gasteiger partial charge in [-0.2, -0.15) is 0 Å². The number of carbonyl (C=O) groups excluding carboxylic acids is 2. The van der Waals surface area contributed by atoms with Gasteiger partial charge in [-0.05, 0) is 46.9 Å². The van der Waals surface area contributed by atoms with E-state index in [9.17, 15) is 9.59 Å². The van der Waals surface area contributed by atoms with E-state index in [4.69, 9.17) is 23.2 Å². The number of halogens is 2. The van der Waals surface area contributed by atoms with Crippen LogP contribution in [0, 0.1) is 5.92 Å². The molecule has 0 saturated heterocycles. The summed E-state index contributed by atoms with van der Waals surface area (Å²) in [5.74, 6) is -0.0611. The Balaban J connectivity index is 1.98. The highest BCUT2D eigenvalue weighted by atomic mass is 35.5. The predicted octanol–water partition coefficient (Wildman–Crippen LogP) is 6.08. The van der Waals surface area contributed by atoms with Crippen LogP contribution in [-0.2, 0) is 22.6 Å². The van der Waals surface area contributed by atoms with Gasteiger partial charge in [0.2, 0.25) is 11.8 Å². The second-order valence-electron chi connectivity index (χ2n) is 8.40. The predicted molar refractivity (Wildman–Crippen MR) is 134 cm³/mol. The van der Waals surface area contributed by atoms with Crippen molar-refractivity contribution in [3.8, 4) is 0 Å². The topological polar surface area (TPSA) is 49.4 Å². The molecule has 0 bridgehead atoms. The van der Waals surface area contributed by atoms with Crippen molar-refractivity contribution in [2.45, 2.75) is 32.9 Å². The number of nitrogens with one attached hydrogen (secondary N) is 1. The Morgan fingerprint density at radius 3 is 1.91 bits per heavy atom. The number of amides is 2. The van der Waals surface area contributed by atoms with E-state index in [1.807, 2.05) is 68.4 Å². The maximum Gasteiger partial charge on any atom is 0.247 e. The molecular weight excluding hydrogens is 455 g/mol. The molecule has 0 fully saturated rings. The quantitative estimate of drug-likeness (QED) is 0.401. The summed E-state index contributed by atoms with van der Waals surface area (Å²) in [6, 6.07) is 23.1. The summed E-state index contributed by atoms with van der Waals surface area (Å²) in [5.41, 5.74) is 2.48. The molecule has 0 aliphatic heterocycles. The highest BCUT2D eigenvalue weighted by Gasteiger charge is 2.31. The van der Waals surface area contributed by atoms with Crippen LogP contribution < -0.4 is 5.32 Å². The summed E-state index contributed by atoms with van der Waals surface area (Å²) in [6.07, 6.45) is 0.158. The van der Waals surface area contributed by atoms with E-state index in [0.29, 0.717) is 22.5 Å². The fourth-order valence-electron chi connectivity index (χ4n) is 3.50. The van der Waals surface area contributed by atoms with Crippen molar-refractivity contribution in [2.24, 2.45) is 5.92 Å². The van der Waals surface area contributed by atoms with Crippen molar-refractivity contribution in [1.29, 1.82) is 0 Å². The van der Waals surface area contributed by atoms with Gasteiger partial charge in [-0.15, -0.1) is 0 Å². The maximum absolute atomic E-state index is 13.6. The first kappa shape index (κ1) is 24.8. The van der Waals surface area contributed by atoms with Crippen LogP contribution in [0.4, 0.5) is 0 Å². The lowest BCUT2D eigenvalue weighted by Gasteiger charge is -2.32. The minimum Gasteiger partial charge on any atom is -0.354 e. The van der Waals surface area contributed by atoms with Crippen molar-refractivity contribution in [3.05, 3.63) is 106 Å². The molecule has 0 aliphatic carbocycles. The van der Waals surface area contributed by atoms with Gasteiger partial charge < -0.3 is 10.2 Å². The molecule has 0 unspecified atom stereocenters. The zero-order valence-electron chi connectivity index (χ0n) is 18.8. The average molecular weight is 483 g/mol. The Bertz CT molecular complexity index is 1050. The molecule has 4 nitrogen and oxygen atoms in total. The van der Waals surface area contributed by atoms with Gasteiger partial charge in [0.15, 0.2) is 0 Å². The molecular formula is C27H28Cl2N2O2. The highest BCUT2D eigenvalue weighted by Crippen LogP contribution is 2.26. The molecule has 0 spiro atoms. The van der Waals surface area contributed by atoms with Crippen molar-refractivity contribution < 1.29 is 9.59 Å². The Hall–Kier alpha value is -2.82. The lowest BCUT2D eigenvalue weighted by atomic mass is 10.0. The third-order valence-electron chi connectivity index (χ3n) is 5.22. The van der Waals surface area contributed by atoms with E-state index in [-0.39, 0.29) is 24.8 Å². The zero-order valence-corrected chi connectivity index (χ0v) is 20.3. The van der Waals surface area contributed by atoms with Gasteiger partial charge in [-0.3, -0.25) is 9.59 Å². The third kappa shape index (κ3) is 7.34. The average Bonchev–Trinajstić information content (AvgIpc) is 2.80. The molecule has 3 aromatic carbocycles. The molecule has 0 heterocycles. The first-order chi connectivity index (χ1) is 15.8. The molecule has 3 aromatic rings. The summed E-state index contributed by atoms with van der Waals surface area (Å²) in [7, 11) is 0. The van der Waals surface area contributed by atoms with Crippen LogP contribution in [0.3, 0.4) is 0 Å². The Morgan fingerprint density at radius 2 is 1.36 bits per heavy atom. The summed E-state index contributed by atoms with van der Waals surface area (Å²) in [5, 5.41) is 4.24. The van der Waals surface area contributed by atoms with E-state index >= 15 is 0 Å². The van der Waals surface area contributed by atoms with Gasteiger partial charge in [-0.1, -0.05) is 91.6 Å². The summed E-state index contributed by atoms with van der Waals surface area (Å²) < 4.78 is 0. The summed E-state index contributed by atoms with van der Waals surface area (Å²) >= 11 is 12.1. The largest absolute Gasteiger partial charge is 0.354 e. The molecule has 33 heavy (non-hydrogen) atoms. The van der Waals surface area contributed by atoms with Gasteiger partial charge in [0.05, 0.1) is 6.42 Å². The standard InChI is InChI=1S/C27H28Cl2N2O2/c1-19(2)17-30-27(33)26(22-6-4-3-5-7-22)31(18-21-10-14-24(29)15-11-21)25(32)16-20-8-12-23(28)13-9-20/h3-15,19,26H,16-18H2,1-2H3,(H,30,33)/t26-/m1/s1. The van der Waals surface area contributed by atoms with Gasteiger partial charge >= 0.3 is 0 Å². The summed E-state index contributed by atoms with van der Waals surface area (Å²) in [4.78, 5) is 28.6. The van der Waals surface area contributed by atoms with Gasteiger partial charge in [-0.25, -0.2) is 0 Å². The minimum atomic E-state index is -0.763. The second kappa shape index (κ2) is 11.9. The molecule has 6 heteroatoms. The minimum absolute atomic E-state index is 0.152. The third-order valence-corrected chi connectivity index (χ3v) is 5.72. The van der Waals surface area contributed by atoms with E-state index in [1.54, 1.807) is 29.2 Å². The molecule has 0 radical (unpaired) electrons. The van der Waals surface area contributed by atoms with Gasteiger partial charge in [0.25, 0.3) is 0 Å². The number of hydrogen-bond acceptors (Lipinski definition) is 2. The first-order valence-electron chi connectivity index (χ1n) is 10.9. The Labute approximate surface area is 205 Å². The molecule has 3 rings (SSSR count). The molecule has 172 valence electrons. The number of nitrogens with zero attached hydrogens (tertiary/aromatic N) is 1. The molecule has 0 saturated carbocycles. The van der Waals surface area contributed by atoms with Gasteiger partial charge in [0, 0.05) is 23.1 Å². The number of hydrogen-bond donors (Lipinski definition) is 1. The lowest BCUT2D eigenvalue weighted by Crippen LogP contribution is -2.44. The monoisotopic (exact) mass is 482 g/mol. The molecule has 1 atom stereocenters. The van der Waals surface area contributed by atoms with Crippen LogP contribution in [0.1, 0.15) is 36.6 Å². The zero-order chi connectivity index (χ0) is 23.8. The second-order valence-corrected chi connectivity index (χ2v) is 9.28. The molecule has 1 N–H and O–H groups in total. The van der Waals surface area contributed by atoms with Crippen molar-refractivity contribution in [1.82, 2.24) is 10.2 Å². The smallest absolute Gasteiger partial charge is 0.247 e. The molecule has 0 aromatic heterocycles. The van der Waals surface area contributed by atoms with Crippen LogP contribution in [0.5, 0.6) is 0 Å². The van der Waals surface area contributed by atoms with Crippen LogP contribution in [-0.4, -0.2) is 23.3 Å². The number of benzene rings is 3. The van der Waals surface area contributed by atoms with Crippen LogP contribution >= 0.6 is 23.2 Å². The van der Waals surface area contributed by atoms with E-state index in [2.05, 4.69) is 5.32 Å². The van der Waals surface area contributed by atoms with Crippen molar-refractivity contribution in [3.63, 3.8) is 0 Å². The lowest BCUT2D eigenvalue weighted by molar-refractivity contribution is -0.141. The number of carbonyl (C=O) groups is 2. The van der Waals surface area contributed by atoms with Crippen LogP contribution in [0.25, 0.3) is 0 Å². The first-order valence-corrected chi connectivity index (χ1v) is 11.7. The van der Waals surface area contributed by atoms with E-state index in [1.165, 1.54) is 0 Å². The van der Waals surface area contributed by atoms with Crippen LogP contribution in [0.2, 0.25) is 10.0 Å². The SMILES string of the molecule is CC(C)CNC(=O)[C@@H](c1ccccc1)N(Cc1ccc(Cl)cc1)C(=O)Cc1ccc(Cl)cc1. The number of rotatable bonds is 9.